The van der Waals surface area contributed by atoms with Crippen LogP contribution < -0.4 is 10.6 Å². The molecule has 2 aliphatic heterocycles. The minimum Gasteiger partial charge on any atom is -0.398 e. The van der Waals surface area contributed by atoms with E-state index in [1.807, 2.05) is 6.92 Å². The van der Waals surface area contributed by atoms with Gasteiger partial charge in [0.1, 0.15) is 0 Å². The smallest absolute Gasteiger partial charge is 0.264 e. The summed E-state index contributed by atoms with van der Waals surface area (Å²) in [4.78, 5) is 16.3. The lowest BCUT2D eigenvalue weighted by Gasteiger charge is -2.26. The molecule has 0 bridgehead atoms. The van der Waals surface area contributed by atoms with Gasteiger partial charge < -0.3 is 10.6 Å². The van der Waals surface area contributed by atoms with Gasteiger partial charge >= 0.3 is 0 Å². The van der Waals surface area contributed by atoms with E-state index >= 15 is 0 Å². The molecule has 1 aromatic rings. The zero-order valence-electron chi connectivity index (χ0n) is 12.9. The van der Waals surface area contributed by atoms with Gasteiger partial charge in [-0.25, -0.2) is 8.42 Å². The van der Waals surface area contributed by atoms with Gasteiger partial charge in [0.25, 0.3) is 5.91 Å². The van der Waals surface area contributed by atoms with Crippen LogP contribution in [-0.4, -0.2) is 32.3 Å². The molecule has 2 N–H and O–H groups in total. The number of hydrogen-bond donors (Lipinski definition) is 1. The molecule has 1 saturated heterocycles. The van der Waals surface area contributed by atoms with Gasteiger partial charge in [0, 0.05) is 31.2 Å². The molecular formula is C16H19N3O3S. The summed E-state index contributed by atoms with van der Waals surface area (Å²) >= 11 is 0. The molecule has 2 heterocycles. The number of nitrogens with zero attached hydrogens (tertiary/aromatic N) is 2. The molecule has 0 radical (unpaired) electrons. The van der Waals surface area contributed by atoms with Gasteiger partial charge in [0.05, 0.1) is 22.1 Å². The highest BCUT2D eigenvalue weighted by molar-refractivity contribution is 7.97. The standard InChI is InChI=1S/C16H19N3O3S/c1-12-14(17)5-4-13(15(12)18-6-2-3-7-18)16(20)19-8-10-23(21,22)11-9-19/h4-5,8-11H,2-3,6-7,17H2,1H3. The number of carbonyl (C=O) groups is 1. The number of benzene rings is 1. The van der Waals surface area contributed by atoms with Gasteiger partial charge in [0.2, 0.25) is 0 Å². The Bertz CT molecular complexity index is 786. The largest absolute Gasteiger partial charge is 0.398 e. The summed E-state index contributed by atoms with van der Waals surface area (Å²) in [6.07, 6.45) is 4.72. The summed E-state index contributed by atoms with van der Waals surface area (Å²) < 4.78 is 22.8. The third-order valence-electron chi connectivity index (χ3n) is 4.18. The molecule has 7 heteroatoms. The van der Waals surface area contributed by atoms with Gasteiger partial charge in [-0.05, 0) is 37.5 Å². The number of hydrogen-bond acceptors (Lipinski definition) is 5. The minimum atomic E-state index is -3.36. The van der Waals surface area contributed by atoms with Crippen LogP contribution in [0, 0.1) is 6.92 Å². The number of nitrogens with two attached hydrogens (primary N) is 1. The first-order chi connectivity index (χ1) is 10.9. The van der Waals surface area contributed by atoms with Gasteiger partial charge in [0.15, 0.2) is 9.84 Å². The Kier molecular flexibility index (Phi) is 3.89. The summed E-state index contributed by atoms with van der Waals surface area (Å²) in [6, 6.07) is 3.43. The second-order valence-electron chi connectivity index (χ2n) is 5.74. The van der Waals surface area contributed by atoms with Crippen molar-refractivity contribution in [3.8, 4) is 0 Å². The van der Waals surface area contributed by atoms with E-state index < -0.39 is 9.84 Å². The average molecular weight is 333 g/mol. The molecule has 0 aromatic heterocycles. The van der Waals surface area contributed by atoms with Crippen LogP contribution in [0.2, 0.25) is 0 Å². The molecule has 1 amide bonds. The summed E-state index contributed by atoms with van der Waals surface area (Å²) in [5.74, 6) is -0.266. The number of nitrogen functional groups attached to an aromatic ring is 1. The van der Waals surface area contributed by atoms with E-state index in [1.165, 1.54) is 17.3 Å². The lowest BCUT2D eigenvalue weighted by Crippen LogP contribution is -2.27. The van der Waals surface area contributed by atoms with Gasteiger partial charge in [-0.15, -0.1) is 0 Å². The molecule has 1 fully saturated rings. The van der Waals surface area contributed by atoms with Gasteiger partial charge in [-0.1, -0.05) is 0 Å². The topological polar surface area (TPSA) is 83.7 Å². The first kappa shape index (κ1) is 15.6. The fourth-order valence-electron chi connectivity index (χ4n) is 2.91. The SMILES string of the molecule is Cc1c(N)ccc(C(=O)N2C=CS(=O)(=O)C=C2)c1N1CCCC1. The molecule has 0 saturated carbocycles. The van der Waals surface area contributed by atoms with Crippen molar-refractivity contribution in [3.05, 3.63) is 46.5 Å². The third kappa shape index (κ3) is 2.96. The molecule has 0 unspecified atom stereocenters. The van der Waals surface area contributed by atoms with Crippen LogP contribution in [0.5, 0.6) is 0 Å². The molecule has 1 aromatic carbocycles. The zero-order valence-corrected chi connectivity index (χ0v) is 13.7. The van der Waals surface area contributed by atoms with Crippen molar-refractivity contribution in [2.24, 2.45) is 0 Å². The molecular weight excluding hydrogens is 314 g/mol. The monoisotopic (exact) mass is 333 g/mol. The fraction of sp³-hybridized carbons (Fsp3) is 0.312. The predicted octanol–water partition coefficient (Wildman–Crippen LogP) is 1.99. The number of rotatable bonds is 2. The van der Waals surface area contributed by atoms with Crippen molar-refractivity contribution in [1.82, 2.24) is 4.90 Å². The van der Waals surface area contributed by atoms with Crippen LogP contribution in [0.4, 0.5) is 11.4 Å². The fourth-order valence-corrected chi connectivity index (χ4v) is 3.60. The second kappa shape index (κ2) is 5.73. The third-order valence-corrected chi connectivity index (χ3v) is 5.18. The van der Waals surface area contributed by atoms with E-state index in [4.69, 9.17) is 5.73 Å². The maximum Gasteiger partial charge on any atom is 0.264 e. The normalized spacial score (nSPS) is 19.3. The Balaban J connectivity index is 2.01. The number of anilines is 2. The van der Waals surface area contributed by atoms with E-state index in [1.54, 1.807) is 12.1 Å². The van der Waals surface area contributed by atoms with Crippen molar-refractivity contribution in [3.63, 3.8) is 0 Å². The number of amides is 1. The highest BCUT2D eigenvalue weighted by Gasteiger charge is 2.25. The number of carbonyl (C=O) groups excluding carboxylic acids is 1. The van der Waals surface area contributed by atoms with Crippen molar-refractivity contribution >= 4 is 27.1 Å². The highest BCUT2D eigenvalue weighted by atomic mass is 32.2. The lowest BCUT2D eigenvalue weighted by atomic mass is 10.0. The zero-order chi connectivity index (χ0) is 16.6. The van der Waals surface area contributed by atoms with Gasteiger partial charge in [-0.3, -0.25) is 9.69 Å². The van der Waals surface area contributed by atoms with Crippen molar-refractivity contribution in [1.29, 1.82) is 0 Å². The van der Waals surface area contributed by atoms with E-state index in [2.05, 4.69) is 4.90 Å². The maximum absolute atomic E-state index is 12.8. The maximum atomic E-state index is 12.8. The Morgan fingerprint density at radius 3 is 2.35 bits per heavy atom. The van der Waals surface area contributed by atoms with Crippen molar-refractivity contribution < 1.29 is 13.2 Å². The predicted molar refractivity (Wildman–Crippen MR) is 90.4 cm³/mol. The van der Waals surface area contributed by atoms with Crippen LogP contribution in [0.25, 0.3) is 0 Å². The summed E-state index contributed by atoms with van der Waals surface area (Å²) in [5, 5.41) is 2.04. The first-order valence-corrected chi connectivity index (χ1v) is 9.08. The van der Waals surface area contributed by atoms with E-state index in [9.17, 15) is 13.2 Å². The van der Waals surface area contributed by atoms with Crippen LogP contribution >= 0.6 is 0 Å². The van der Waals surface area contributed by atoms with Crippen molar-refractivity contribution in [2.75, 3.05) is 23.7 Å². The summed E-state index contributed by atoms with van der Waals surface area (Å²) in [5.41, 5.74) is 8.93. The van der Waals surface area contributed by atoms with E-state index in [0.29, 0.717) is 11.3 Å². The Hall–Kier alpha value is -2.28. The summed E-state index contributed by atoms with van der Waals surface area (Å²) in [6.45, 7) is 3.70. The number of sulfone groups is 1. The van der Waals surface area contributed by atoms with E-state index in [-0.39, 0.29) is 5.91 Å². The Labute approximate surface area is 135 Å². The highest BCUT2D eigenvalue weighted by Crippen LogP contribution is 2.33. The molecule has 122 valence electrons. The molecule has 0 spiro atoms. The molecule has 0 aliphatic carbocycles. The quantitative estimate of drug-likeness (QED) is 0.837. The van der Waals surface area contributed by atoms with Gasteiger partial charge in [-0.2, -0.15) is 0 Å². The summed E-state index contributed by atoms with van der Waals surface area (Å²) in [7, 11) is -3.36. The molecule has 2 aliphatic rings. The molecule has 3 rings (SSSR count). The van der Waals surface area contributed by atoms with Crippen LogP contribution in [0.3, 0.4) is 0 Å². The minimum absolute atomic E-state index is 0.266. The Morgan fingerprint density at radius 2 is 1.74 bits per heavy atom. The molecule has 23 heavy (non-hydrogen) atoms. The average Bonchev–Trinajstić information content (AvgIpc) is 3.03. The first-order valence-electron chi connectivity index (χ1n) is 7.47. The van der Waals surface area contributed by atoms with Crippen LogP contribution in [0.15, 0.2) is 35.3 Å². The Morgan fingerprint density at radius 1 is 1.13 bits per heavy atom. The van der Waals surface area contributed by atoms with E-state index in [0.717, 1.165) is 48.0 Å². The van der Waals surface area contributed by atoms with Crippen molar-refractivity contribution in [2.45, 2.75) is 19.8 Å². The van der Waals surface area contributed by atoms with Crippen LogP contribution in [0.1, 0.15) is 28.8 Å². The van der Waals surface area contributed by atoms with Crippen LogP contribution in [-0.2, 0) is 9.84 Å². The second-order valence-corrected chi connectivity index (χ2v) is 7.46. The molecule has 6 nitrogen and oxygen atoms in total. The lowest BCUT2D eigenvalue weighted by molar-refractivity contribution is 0.0870. The molecule has 0 atom stereocenters.